The van der Waals surface area contributed by atoms with Gasteiger partial charge in [0.1, 0.15) is 11.0 Å². The number of rotatable bonds is 6. The lowest BCUT2D eigenvalue weighted by molar-refractivity contribution is -0.133. The molecule has 0 spiro atoms. The van der Waals surface area contributed by atoms with Crippen molar-refractivity contribution < 1.29 is 13.2 Å². The second kappa shape index (κ2) is 8.50. The molecule has 9 heteroatoms. The van der Waals surface area contributed by atoms with Crippen LogP contribution in [0.5, 0.6) is 0 Å². The van der Waals surface area contributed by atoms with Gasteiger partial charge in [0, 0.05) is 19.6 Å². The third kappa shape index (κ3) is 3.94. The molecule has 2 unspecified atom stereocenters. The van der Waals surface area contributed by atoms with Crippen LogP contribution < -0.4 is 4.90 Å². The van der Waals surface area contributed by atoms with Crippen LogP contribution >= 0.6 is 11.6 Å². The normalized spacial score (nSPS) is 32.5. The molecule has 0 aromatic carbocycles. The van der Waals surface area contributed by atoms with Gasteiger partial charge in [-0.25, -0.2) is 17.7 Å². The maximum atomic E-state index is 13.1. The van der Waals surface area contributed by atoms with Crippen molar-refractivity contribution in [3.63, 3.8) is 0 Å². The van der Waals surface area contributed by atoms with Gasteiger partial charge in [-0.3, -0.25) is 9.78 Å². The van der Waals surface area contributed by atoms with Gasteiger partial charge in [-0.15, -0.1) is 0 Å². The Balaban J connectivity index is 1.10. The molecule has 7 nitrogen and oxygen atoms in total. The zero-order valence-corrected chi connectivity index (χ0v) is 19.4. The summed E-state index contributed by atoms with van der Waals surface area (Å²) < 4.78 is 27.5. The van der Waals surface area contributed by atoms with Crippen LogP contribution in [0.4, 0.5) is 5.82 Å². The number of fused-ring (bicyclic) bond motifs is 2. The fourth-order valence-electron chi connectivity index (χ4n) is 6.46. The quantitative estimate of drug-likeness (QED) is 0.596. The third-order valence-corrected chi connectivity index (χ3v) is 10.6. The number of piperidine rings is 1. The summed E-state index contributed by atoms with van der Waals surface area (Å²) in [6.45, 7) is 2.24. The highest BCUT2D eigenvalue weighted by Crippen LogP contribution is 2.52. The van der Waals surface area contributed by atoms with Gasteiger partial charge in [0.25, 0.3) is 0 Å². The predicted molar refractivity (Wildman–Crippen MR) is 119 cm³/mol. The summed E-state index contributed by atoms with van der Waals surface area (Å²) in [6.07, 6.45) is 12.3. The van der Waals surface area contributed by atoms with E-state index in [1.165, 1.54) is 4.31 Å². The number of unbranched alkanes of at least 4 members (excludes halogenated alkanes) is 1. The van der Waals surface area contributed by atoms with Crippen LogP contribution in [0.15, 0.2) is 12.4 Å². The Morgan fingerprint density at radius 2 is 1.71 bits per heavy atom. The van der Waals surface area contributed by atoms with Gasteiger partial charge < -0.3 is 4.90 Å². The number of hydrogen-bond acceptors (Lipinski definition) is 6. The molecule has 6 rings (SSSR count). The summed E-state index contributed by atoms with van der Waals surface area (Å²) in [5.74, 6) is 1.60. The molecule has 2 saturated heterocycles. The molecular weight excluding hydrogens is 436 g/mol. The number of nitrogens with zero attached hydrogens (tertiary/aromatic N) is 4. The first-order valence-corrected chi connectivity index (χ1v) is 13.6. The van der Waals surface area contributed by atoms with Crippen molar-refractivity contribution >= 4 is 33.3 Å². The minimum absolute atomic E-state index is 0.102. The molecule has 2 atom stereocenters. The topological polar surface area (TPSA) is 83.5 Å². The van der Waals surface area contributed by atoms with Gasteiger partial charge in [0.15, 0.2) is 0 Å². The predicted octanol–water partition coefficient (Wildman–Crippen LogP) is 3.49. The zero-order chi connectivity index (χ0) is 21.6. The van der Waals surface area contributed by atoms with Gasteiger partial charge in [-0.2, -0.15) is 0 Å². The number of aromatic nitrogens is 2. The number of hydrogen-bond donors (Lipinski definition) is 0. The van der Waals surface area contributed by atoms with Crippen molar-refractivity contribution in [2.75, 3.05) is 24.5 Å². The molecule has 2 bridgehead atoms. The van der Waals surface area contributed by atoms with E-state index in [1.54, 1.807) is 12.4 Å². The molecule has 3 heterocycles. The Kier molecular flexibility index (Phi) is 5.88. The van der Waals surface area contributed by atoms with Gasteiger partial charge in [0.05, 0.1) is 23.6 Å². The van der Waals surface area contributed by atoms with Crippen molar-refractivity contribution in [3.8, 4) is 0 Å². The summed E-state index contributed by atoms with van der Waals surface area (Å²) in [6, 6.07) is 0. The minimum Gasteiger partial charge on any atom is -0.355 e. The summed E-state index contributed by atoms with van der Waals surface area (Å²) in [5.41, 5.74) is 0. The van der Waals surface area contributed by atoms with E-state index in [9.17, 15) is 13.2 Å². The number of carbonyl (C=O) groups excluding carboxylic acids is 1. The highest BCUT2D eigenvalue weighted by atomic mass is 35.5. The molecule has 1 aromatic heterocycles. The lowest BCUT2D eigenvalue weighted by atomic mass is 9.64. The number of anilines is 1. The molecule has 5 aliphatic rings. The molecule has 3 saturated carbocycles. The molecule has 5 fully saturated rings. The van der Waals surface area contributed by atoms with E-state index >= 15 is 0 Å². The summed E-state index contributed by atoms with van der Waals surface area (Å²) >= 11 is 5.95. The number of amides is 1. The first-order valence-electron chi connectivity index (χ1n) is 11.7. The van der Waals surface area contributed by atoms with Gasteiger partial charge >= 0.3 is 0 Å². The second-order valence-electron chi connectivity index (χ2n) is 9.75. The molecule has 2 aliphatic heterocycles. The first kappa shape index (κ1) is 21.4. The van der Waals surface area contributed by atoms with E-state index < -0.39 is 15.3 Å². The van der Waals surface area contributed by atoms with Crippen LogP contribution in [0.2, 0.25) is 5.15 Å². The largest absolute Gasteiger partial charge is 0.355 e. The second-order valence-corrected chi connectivity index (χ2v) is 12.1. The lowest BCUT2D eigenvalue weighted by Gasteiger charge is -2.42. The molecule has 0 radical (unpaired) electrons. The van der Waals surface area contributed by atoms with Gasteiger partial charge in [-0.05, 0) is 62.7 Å². The Morgan fingerprint density at radius 3 is 2.39 bits per heavy atom. The summed E-state index contributed by atoms with van der Waals surface area (Å²) in [4.78, 5) is 23.6. The van der Waals surface area contributed by atoms with Gasteiger partial charge in [-0.1, -0.05) is 24.4 Å². The van der Waals surface area contributed by atoms with Crippen LogP contribution in [-0.2, 0) is 14.8 Å². The molecular formula is C22H31ClN4O3S. The molecule has 1 amide bonds. The highest BCUT2D eigenvalue weighted by molar-refractivity contribution is 7.90. The van der Waals surface area contributed by atoms with Crippen LogP contribution in [0.1, 0.15) is 57.8 Å². The van der Waals surface area contributed by atoms with E-state index in [-0.39, 0.29) is 23.7 Å². The Hall–Kier alpha value is -1.41. The molecule has 31 heavy (non-hydrogen) atoms. The smallest absolute Gasteiger partial charge is 0.241 e. The van der Waals surface area contributed by atoms with Gasteiger partial charge in [0.2, 0.25) is 15.9 Å². The van der Waals surface area contributed by atoms with Crippen molar-refractivity contribution in [2.24, 2.45) is 23.7 Å². The minimum atomic E-state index is -3.46. The molecule has 1 aromatic rings. The van der Waals surface area contributed by atoms with E-state index in [1.807, 2.05) is 0 Å². The summed E-state index contributed by atoms with van der Waals surface area (Å²) in [5, 5.41) is -0.00898. The Labute approximate surface area is 189 Å². The maximum absolute atomic E-state index is 13.1. The van der Waals surface area contributed by atoms with Crippen LogP contribution in [-0.4, -0.2) is 53.5 Å². The fourth-order valence-corrected chi connectivity index (χ4v) is 9.13. The number of sulfonamides is 1. The van der Waals surface area contributed by atoms with E-state index in [4.69, 9.17) is 11.6 Å². The van der Waals surface area contributed by atoms with Crippen molar-refractivity contribution in [1.82, 2.24) is 14.3 Å². The summed E-state index contributed by atoms with van der Waals surface area (Å²) in [7, 11) is -3.46. The number of carbonyl (C=O) groups is 1. The van der Waals surface area contributed by atoms with Crippen LogP contribution in [0.3, 0.4) is 0 Å². The lowest BCUT2D eigenvalue weighted by Crippen LogP contribution is -2.45. The molecule has 3 aliphatic carbocycles. The SMILES string of the molecule is O=C1C2C3CCC(CC3)C2S(=O)(=O)N1CCCCC1CCN(c2cncc(Cl)n2)CC1. The standard InChI is InChI=1S/C22H31ClN4O3S/c23-18-13-24-14-19(25-18)26-11-8-15(9-12-26)3-1-2-10-27-22(28)20-16-4-6-17(7-5-16)21(20)31(27,29)30/h13-17,20-21H,1-12H2. The monoisotopic (exact) mass is 466 g/mol. The highest BCUT2D eigenvalue weighted by Gasteiger charge is 2.61. The maximum Gasteiger partial charge on any atom is 0.241 e. The first-order chi connectivity index (χ1) is 14.9. The average molecular weight is 467 g/mol. The number of halogens is 1. The molecule has 170 valence electrons. The van der Waals surface area contributed by atoms with Crippen LogP contribution in [0.25, 0.3) is 0 Å². The van der Waals surface area contributed by atoms with Crippen molar-refractivity contribution in [2.45, 2.75) is 63.0 Å². The molecule has 0 N–H and O–H groups in total. The van der Waals surface area contributed by atoms with Crippen molar-refractivity contribution in [3.05, 3.63) is 17.5 Å². The van der Waals surface area contributed by atoms with E-state index in [2.05, 4.69) is 14.9 Å². The average Bonchev–Trinajstić information content (AvgIpc) is 3.00. The van der Waals surface area contributed by atoms with E-state index in [0.29, 0.717) is 17.6 Å². The Morgan fingerprint density at radius 1 is 1.00 bits per heavy atom. The van der Waals surface area contributed by atoms with Crippen LogP contribution in [0, 0.1) is 23.7 Å². The van der Waals surface area contributed by atoms with E-state index in [0.717, 1.165) is 76.7 Å². The van der Waals surface area contributed by atoms with Crippen molar-refractivity contribution in [1.29, 1.82) is 0 Å². The fraction of sp³-hybridized carbons (Fsp3) is 0.773. The third-order valence-electron chi connectivity index (χ3n) is 8.08. The zero-order valence-electron chi connectivity index (χ0n) is 17.8. The Bertz CT molecular complexity index is 926.